The number of aliphatic carboxylic acids is 1. The number of carboxylic acids is 1. The molecule has 7 nitrogen and oxygen atoms in total. The van der Waals surface area contributed by atoms with Crippen molar-refractivity contribution in [2.45, 2.75) is 19.3 Å². The van der Waals surface area contributed by atoms with Crippen LogP contribution in [0.1, 0.15) is 19.3 Å². The standard InChI is InChI=1S/C10H16N2O5/c13-8(6-17-7-9(14)15)11-10(16)12-4-2-1-3-5-12/h1-7H2,(H,14,15)(H,11,13,16). The van der Waals surface area contributed by atoms with Crippen LogP contribution in [0.2, 0.25) is 0 Å². The number of hydrogen-bond acceptors (Lipinski definition) is 4. The average molecular weight is 244 g/mol. The molecule has 0 aromatic rings. The Bertz CT molecular complexity index is 299. The molecule has 1 fully saturated rings. The molecule has 0 unspecified atom stereocenters. The van der Waals surface area contributed by atoms with E-state index in [1.54, 1.807) is 4.90 Å². The molecule has 3 amide bonds. The van der Waals surface area contributed by atoms with Crippen molar-refractivity contribution < 1.29 is 24.2 Å². The van der Waals surface area contributed by atoms with Crippen molar-refractivity contribution in [3.05, 3.63) is 0 Å². The van der Waals surface area contributed by atoms with Crippen LogP contribution in [-0.2, 0) is 14.3 Å². The van der Waals surface area contributed by atoms with Crippen molar-refractivity contribution >= 4 is 17.9 Å². The van der Waals surface area contributed by atoms with E-state index < -0.39 is 31.1 Å². The number of likely N-dealkylation sites (tertiary alicyclic amines) is 1. The summed E-state index contributed by atoms with van der Waals surface area (Å²) in [6.07, 6.45) is 2.98. The molecule has 96 valence electrons. The van der Waals surface area contributed by atoms with Gasteiger partial charge in [-0.3, -0.25) is 10.1 Å². The van der Waals surface area contributed by atoms with Gasteiger partial charge >= 0.3 is 12.0 Å². The maximum absolute atomic E-state index is 11.5. The lowest BCUT2D eigenvalue weighted by Gasteiger charge is -2.26. The van der Waals surface area contributed by atoms with Gasteiger partial charge in [0, 0.05) is 13.1 Å². The number of amides is 3. The van der Waals surface area contributed by atoms with E-state index in [4.69, 9.17) is 5.11 Å². The zero-order chi connectivity index (χ0) is 12.7. The fraction of sp³-hybridized carbons (Fsp3) is 0.700. The number of nitrogens with zero attached hydrogens (tertiary/aromatic N) is 1. The summed E-state index contributed by atoms with van der Waals surface area (Å²) in [6, 6.07) is -0.436. The Morgan fingerprint density at radius 1 is 1.12 bits per heavy atom. The average Bonchev–Trinajstić information content (AvgIpc) is 2.29. The third-order valence-corrected chi connectivity index (χ3v) is 2.35. The number of imide groups is 1. The van der Waals surface area contributed by atoms with E-state index in [0.717, 1.165) is 19.3 Å². The molecule has 0 bridgehead atoms. The summed E-state index contributed by atoms with van der Waals surface area (Å²) >= 11 is 0. The van der Waals surface area contributed by atoms with Crippen LogP contribution in [0.4, 0.5) is 4.79 Å². The van der Waals surface area contributed by atoms with Crippen molar-refractivity contribution in [1.82, 2.24) is 10.2 Å². The summed E-state index contributed by atoms with van der Waals surface area (Å²) < 4.78 is 4.56. The van der Waals surface area contributed by atoms with Gasteiger partial charge in [0.15, 0.2) is 0 Å². The molecule has 1 heterocycles. The number of carboxylic acid groups (broad SMARTS) is 1. The number of piperidine rings is 1. The number of hydrogen-bond donors (Lipinski definition) is 2. The van der Waals surface area contributed by atoms with E-state index >= 15 is 0 Å². The molecule has 0 aliphatic carbocycles. The molecule has 0 spiro atoms. The topological polar surface area (TPSA) is 95.9 Å². The van der Waals surface area contributed by atoms with Gasteiger partial charge in [0.05, 0.1) is 0 Å². The Morgan fingerprint density at radius 2 is 1.76 bits per heavy atom. The number of carbonyl (C=O) groups is 3. The van der Waals surface area contributed by atoms with Gasteiger partial charge in [-0.15, -0.1) is 0 Å². The van der Waals surface area contributed by atoms with Crippen molar-refractivity contribution in [3.63, 3.8) is 0 Å². The van der Waals surface area contributed by atoms with Gasteiger partial charge in [0.1, 0.15) is 13.2 Å². The first-order valence-corrected chi connectivity index (χ1v) is 5.48. The van der Waals surface area contributed by atoms with Crippen molar-refractivity contribution in [2.24, 2.45) is 0 Å². The van der Waals surface area contributed by atoms with E-state index in [2.05, 4.69) is 10.1 Å². The molecular weight excluding hydrogens is 228 g/mol. The highest BCUT2D eigenvalue weighted by atomic mass is 16.5. The molecule has 0 aromatic heterocycles. The number of rotatable bonds is 4. The molecule has 1 aliphatic rings. The first-order valence-electron chi connectivity index (χ1n) is 5.48. The van der Waals surface area contributed by atoms with Gasteiger partial charge in [-0.25, -0.2) is 9.59 Å². The van der Waals surface area contributed by atoms with E-state index in [9.17, 15) is 14.4 Å². The van der Waals surface area contributed by atoms with Crippen LogP contribution in [0.15, 0.2) is 0 Å². The molecule has 1 saturated heterocycles. The maximum atomic E-state index is 11.5. The molecule has 1 aliphatic heterocycles. The first kappa shape index (κ1) is 13.4. The van der Waals surface area contributed by atoms with E-state index in [1.165, 1.54) is 0 Å². The minimum atomic E-state index is -1.15. The van der Waals surface area contributed by atoms with Crippen molar-refractivity contribution in [2.75, 3.05) is 26.3 Å². The van der Waals surface area contributed by atoms with Crippen LogP contribution < -0.4 is 5.32 Å². The predicted molar refractivity (Wildman–Crippen MR) is 57.4 cm³/mol. The quantitative estimate of drug-likeness (QED) is 0.714. The summed E-state index contributed by atoms with van der Waals surface area (Å²) in [5.41, 5.74) is 0. The largest absolute Gasteiger partial charge is 0.480 e. The highest BCUT2D eigenvalue weighted by molar-refractivity contribution is 5.95. The van der Waals surface area contributed by atoms with Crippen LogP contribution >= 0.6 is 0 Å². The van der Waals surface area contributed by atoms with Gasteiger partial charge < -0.3 is 14.7 Å². The van der Waals surface area contributed by atoms with Gasteiger partial charge in [-0.2, -0.15) is 0 Å². The lowest BCUT2D eigenvalue weighted by molar-refractivity contribution is -0.143. The van der Waals surface area contributed by atoms with Crippen LogP contribution in [0.25, 0.3) is 0 Å². The molecule has 0 atom stereocenters. The van der Waals surface area contributed by atoms with Crippen LogP contribution in [0.5, 0.6) is 0 Å². The Balaban J connectivity index is 2.20. The second kappa shape index (κ2) is 6.85. The maximum Gasteiger partial charge on any atom is 0.329 e. The van der Waals surface area contributed by atoms with Crippen LogP contribution in [0.3, 0.4) is 0 Å². The van der Waals surface area contributed by atoms with Crippen molar-refractivity contribution in [1.29, 1.82) is 0 Å². The second-order valence-electron chi connectivity index (χ2n) is 3.79. The smallest absolute Gasteiger partial charge is 0.329 e. The molecule has 0 saturated carbocycles. The van der Waals surface area contributed by atoms with Gasteiger partial charge in [0.25, 0.3) is 5.91 Å². The summed E-state index contributed by atoms with van der Waals surface area (Å²) in [4.78, 5) is 34.4. The Hall–Kier alpha value is -1.63. The van der Waals surface area contributed by atoms with E-state index in [-0.39, 0.29) is 0 Å². The monoisotopic (exact) mass is 244 g/mol. The molecule has 0 radical (unpaired) electrons. The summed E-state index contributed by atoms with van der Waals surface area (Å²) in [5.74, 6) is -1.78. The molecular formula is C10H16N2O5. The Morgan fingerprint density at radius 3 is 2.35 bits per heavy atom. The van der Waals surface area contributed by atoms with Crippen LogP contribution in [-0.4, -0.2) is 54.2 Å². The highest BCUT2D eigenvalue weighted by Gasteiger charge is 2.18. The Kier molecular flexibility index (Phi) is 5.41. The summed E-state index contributed by atoms with van der Waals surface area (Å²) in [5, 5.41) is 10.4. The molecule has 0 aromatic carbocycles. The zero-order valence-electron chi connectivity index (χ0n) is 9.48. The minimum Gasteiger partial charge on any atom is -0.480 e. The normalized spacial score (nSPS) is 15.4. The third-order valence-electron chi connectivity index (χ3n) is 2.35. The SMILES string of the molecule is O=C(O)COCC(=O)NC(=O)N1CCCCC1. The van der Waals surface area contributed by atoms with E-state index in [0.29, 0.717) is 13.1 Å². The number of urea groups is 1. The molecule has 7 heteroatoms. The second-order valence-corrected chi connectivity index (χ2v) is 3.79. The van der Waals surface area contributed by atoms with Crippen LogP contribution in [0, 0.1) is 0 Å². The first-order chi connectivity index (χ1) is 8.09. The zero-order valence-corrected chi connectivity index (χ0v) is 9.48. The number of nitrogens with one attached hydrogen (secondary N) is 1. The lowest BCUT2D eigenvalue weighted by Crippen LogP contribution is -2.46. The summed E-state index contributed by atoms with van der Waals surface area (Å²) in [6.45, 7) is 0.321. The fourth-order valence-corrected chi connectivity index (χ4v) is 1.56. The van der Waals surface area contributed by atoms with Gasteiger partial charge in [-0.05, 0) is 19.3 Å². The fourth-order valence-electron chi connectivity index (χ4n) is 1.56. The highest BCUT2D eigenvalue weighted by Crippen LogP contribution is 2.08. The summed E-state index contributed by atoms with van der Waals surface area (Å²) in [7, 11) is 0. The minimum absolute atomic E-state index is 0.425. The Labute approximate surface area is 98.7 Å². The van der Waals surface area contributed by atoms with E-state index in [1.807, 2.05) is 0 Å². The molecule has 17 heavy (non-hydrogen) atoms. The third kappa shape index (κ3) is 5.30. The number of ether oxygens (including phenoxy) is 1. The van der Waals surface area contributed by atoms with Gasteiger partial charge in [0.2, 0.25) is 0 Å². The number of carbonyl (C=O) groups excluding carboxylic acids is 2. The molecule has 1 rings (SSSR count). The van der Waals surface area contributed by atoms with Crippen molar-refractivity contribution in [3.8, 4) is 0 Å². The predicted octanol–water partition coefficient (Wildman–Crippen LogP) is -0.190. The lowest BCUT2D eigenvalue weighted by atomic mass is 10.1. The molecule has 2 N–H and O–H groups in total. The van der Waals surface area contributed by atoms with Gasteiger partial charge in [-0.1, -0.05) is 0 Å².